The van der Waals surface area contributed by atoms with Crippen LogP contribution in [0, 0.1) is 0 Å². The number of carboxylic acids is 1. The van der Waals surface area contributed by atoms with Crippen molar-refractivity contribution >= 4 is 17.9 Å². The fourth-order valence-corrected chi connectivity index (χ4v) is 0.464. The molecule has 0 fully saturated rings. The third-order valence-corrected chi connectivity index (χ3v) is 1.03. The Balaban J connectivity index is 0. The second-order valence-electron chi connectivity index (χ2n) is 1.86. The van der Waals surface area contributed by atoms with Crippen LogP contribution in [0.1, 0.15) is 0 Å². The van der Waals surface area contributed by atoms with Crippen LogP contribution in [0.4, 0.5) is 0 Å². The van der Waals surface area contributed by atoms with Crippen LogP contribution in [0.2, 0.25) is 0 Å². The van der Waals surface area contributed by atoms with Gasteiger partial charge in [-0.3, -0.25) is 0 Å². The quantitative estimate of drug-likeness (QED) is 0.200. The molecule has 0 bridgehead atoms. The Hall–Kier alpha value is -0.850. The van der Waals surface area contributed by atoms with E-state index in [4.69, 9.17) is 0 Å². The van der Waals surface area contributed by atoms with Gasteiger partial charge in [0.25, 0.3) is 0 Å². The molecule has 6 nitrogen and oxygen atoms in total. The van der Waals surface area contributed by atoms with Crippen molar-refractivity contribution in [2.45, 2.75) is 6.10 Å². The van der Waals surface area contributed by atoms with Crippen LogP contribution >= 0.6 is 0 Å². The van der Waals surface area contributed by atoms with Crippen LogP contribution in [-0.2, 0) is 23.9 Å². The van der Waals surface area contributed by atoms with Crippen LogP contribution in [0.3, 0.4) is 0 Å². The molecular formula is C7H7NaO6. The first-order chi connectivity index (χ1) is 6.02. The molecule has 14 heavy (non-hydrogen) atoms. The number of esters is 2. The molecule has 0 aromatic rings. The van der Waals surface area contributed by atoms with Gasteiger partial charge in [0, 0.05) is 6.08 Å². The number of carbonyl (C=O) groups is 3. The Bertz CT molecular complexity index is 249. The van der Waals surface area contributed by atoms with Crippen LogP contribution in [0.5, 0.6) is 0 Å². The first kappa shape index (κ1) is 15.6. The number of carboxylic acid groups (broad SMARTS) is 1. The molecule has 0 aromatic heterocycles. The summed E-state index contributed by atoms with van der Waals surface area (Å²) in [6, 6.07) is 0. The van der Waals surface area contributed by atoms with Gasteiger partial charge in [-0.25, -0.2) is 9.59 Å². The molecule has 0 aliphatic carbocycles. The van der Waals surface area contributed by atoms with E-state index in [0.717, 1.165) is 13.2 Å². The standard InChI is InChI=1S/C7H8O6.Na/c1-3-4(8)13-5(6(9)10)7(11)12-2;/h3,5H,1H2,2H3,(H,9,10);/q;+1/p-1. The minimum absolute atomic E-state index is 0. The van der Waals surface area contributed by atoms with Gasteiger partial charge in [-0.1, -0.05) is 6.58 Å². The topological polar surface area (TPSA) is 92.7 Å². The van der Waals surface area contributed by atoms with E-state index >= 15 is 0 Å². The zero-order valence-corrected chi connectivity index (χ0v) is 9.81. The van der Waals surface area contributed by atoms with Crippen molar-refractivity contribution in [3.8, 4) is 0 Å². The van der Waals surface area contributed by atoms with Gasteiger partial charge < -0.3 is 19.4 Å². The summed E-state index contributed by atoms with van der Waals surface area (Å²) in [6.07, 6.45) is -1.32. The second-order valence-corrected chi connectivity index (χ2v) is 1.86. The van der Waals surface area contributed by atoms with E-state index in [9.17, 15) is 19.5 Å². The number of methoxy groups -OCH3 is 1. The van der Waals surface area contributed by atoms with Gasteiger partial charge in [0.05, 0.1) is 13.1 Å². The largest absolute Gasteiger partial charge is 1.00 e. The Labute approximate surface area is 102 Å². The van der Waals surface area contributed by atoms with Gasteiger partial charge in [0.2, 0.25) is 6.10 Å². The normalized spacial score (nSPS) is 10.4. The molecule has 0 aliphatic rings. The van der Waals surface area contributed by atoms with Gasteiger partial charge in [-0.2, -0.15) is 0 Å². The SMILES string of the molecule is C=CC(=O)OC(C(=O)[O-])C(=O)OC.[Na+]. The third-order valence-electron chi connectivity index (χ3n) is 1.03. The van der Waals surface area contributed by atoms with Gasteiger partial charge in [0.1, 0.15) is 0 Å². The molecule has 0 N–H and O–H groups in total. The number of ether oxygens (including phenoxy) is 2. The van der Waals surface area contributed by atoms with Gasteiger partial charge in [-0.05, 0) is 0 Å². The Morgan fingerprint density at radius 3 is 2.21 bits per heavy atom. The van der Waals surface area contributed by atoms with E-state index in [1.807, 2.05) is 0 Å². The molecule has 1 unspecified atom stereocenters. The number of hydrogen-bond donors (Lipinski definition) is 0. The molecule has 1 atom stereocenters. The minimum atomic E-state index is -2.05. The first-order valence-electron chi connectivity index (χ1n) is 3.14. The average molecular weight is 210 g/mol. The van der Waals surface area contributed by atoms with E-state index in [1.165, 1.54) is 0 Å². The number of rotatable bonds is 4. The van der Waals surface area contributed by atoms with Crippen molar-refractivity contribution in [1.82, 2.24) is 0 Å². The van der Waals surface area contributed by atoms with E-state index in [0.29, 0.717) is 0 Å². The molecule has 0 rings (SSSR count). The van der Waals surface area contributed by atoms with E-state index < -0.39 is 24.0 Å². The maximum absolute atomic E-state index is 10.7. The molecule has 0 spiro atoms. The molecule has 0 radical (unpaired) electrons. The summed E-state index contributed by atoms with van der Waals surface area (Å²) >= 11 is 0. The van der Waals surface area contributed by atoms with Crippen molar-refractivity contribution in [2.75, 3.05) is 7.11 Å². The summed E-state index contributed by atoms with van der Waals surface area (Å²) in [5, 5.41) is 10.2. The van der Waals surface area contributed by atoms with E-state index in [-0.39, 0.29) is 29.6 Å². The summed E-state index contributed by atoms with van der Waals surface area (Å²) in [5.41, 5.74) is 0. The summed E-state index contributed by atoms with van der Waals surface area (Å²) < 4.78 is 8.17. The summed E-state index contributed by atoms with van der Waals surface area (Å²) in [7, 11) is 0.958. The fraction of sp³-hybridized carbons (Fsp3) is 0.286. The predicted molar refractivity (Wildman–Crippen MR) is 37.1 cm³/mol. The summed E-state index contributed by atoms with van der Waals surface area (Å²) in [4.78, 5) is 31.4. The Morgan fingerprint density at radius 2 is 1.93 bits per heavy atom. The van der Waals surface area contributed by atoms with Gasteiger partial charge in [-0.15, -0.1) is 0 Å². The molecule has 72 valence electrons. The summed E-state index contributed by atoms with van der Waals surface area (Å²) in [6.45, 7) is 3.02. The van der Waals surface area contributed by atoms with Crippen molar-refractivity contribution < 1.29 is 58.5 Å². The Morgan fingerprint density at radius 1 is 1.43 bits per heavy atom. The van der Waals surface area contributed by atoms with E-state index in [1.54, 1.807) is 0 Å². The van der Waals surface area contributed by atoms with Crippen molar-refractivity contribution in [1.29, 1.82) is 0 Å². The predicted octanol–water partition coefficient (Wildman–Crippen LogP) is -4.99. The minimum Gasteiger partial charge on any atom is -0.545 e. The first-order valence-corrected chi connectivity index (χ1v) is 3.14. The monoisotopic (exact) mass is 210 g/mol. The number of aliphatic carboxylic acids is 1. The zero-order chi connectivity index (χ0) is 10.4. The maximum atomic E-state index is 10.7. The number of hydrogen-bond acceptors (Lipinski definition) is 6. The van der Waals surface area contributed by atoms with Crippen LogP contribution in [0.25, 0.3) is 0 Å². The van der Waals surface area contributed by atoms with Crippen LogP contribution in [0.15, 0.2) is 12.7 Å². The zero-order valence-electron chi connectivity index (χ0n) is 7.81. The molecule has 0 heterocycles. The molecule has 0 aromatic carbocycles. The second kappa shape index (κ2) is 7.54. The molecular weight excluding hydrogens is 203 g/mol. The van der Waals surface area contributed by atoms with E-state index in [2.05, 4.69) is 16.1 Å². The average Bonchev–Trinajstić information content (AvgIpc) is 2.11. The smallest absolute Gasteiger partial charge is 0.545 e. The molecule has 0 aliphatic heterocycles. The van der Waals surface area contributed by atoms with Crippen LogP contribution in [-0.4, -0.2) is 31.1 Å². The van der Waals surface area contributed by atoms with Crippen molar-refractivity contribution in [2.24, 2.45) is 0 Å². The number of carbonyl (C=O) groups excluding carboxylic acids is 3. The van der Waals surface area contributed by atoms with Crippen molar-refractivity contribution in [3.63, 3.8) is 0 Å². The summed E-state index contributed by atoms with van der Waals surface area (Å²) in [5.74, 6) is -4.10. The maximum Gasteiger partial charge on any atom is 1.00 e. The molecule has 0 saturated carbocycles. The molecule has 0 amide bonds. The van der Waals surface area contributed by atoms with Gasteiger partial charge >= 0.3 is 41.5 Å². The molecule has 7 heteroatoms. The van der Waals surface area contributed by atoms with Crippen molar-refractivity contribution in [3.05, 3.63) is 12.7 Å². The molecule has 0 saturated heterocycles. The Kier molecular flexibility index (Phi) is 8.41. The third kappa shape index (κ3) is 5.00. The van der Waals surface area contributed by atoms with Gasteiger partial charge in [0.15, 0.2) is 0 Å². The van der Waals surface area contributed by atoms with Crippen LogP contribution < -0.4 is 34.7 Å². The fourth-order valence-electron chi connectivity index (χ4n) is 0.464.